The van der Waals surface area contributed by atoms with E-state index in [2.05, 4.69) is 5.32 Å². The summed E-state index contributed by atoms with van der Waals surface area (Å²) in [6.07, 6.45) is 1.60. The molecule has 0 radical (unpaired) electrons. The van der Waals surface area contributed by atoms with E-state index in [-0.39, 0.29) is 17.2 Å². The van der Waals surface area contributed by atoms with E-state index in [4.69, 9.17) is 0 Å². The molecule has 1 aliphatic rings. The minimum atomic E-state index is -3.81. The van der Waals surface area contributed by atoms with Crippen LogP contribution in [-0.4, -0.2) is 20.9 Å². The second-order valence-corrected chi connectivity index (χ2v) is 10.2. The summed E-state index contributed by atoms with van der Waals surface area (Å²) in [6, 6.07) is 24.0. The molecule has 4 aromatic rings. The van der Waals surface area contributed by atoms with Crippen LogP contribution in [0.25, 0.3) is 10.8 Å². The van der Waals surface area contributed by atoms with Gasteiger partial charge in [0.2, 0.25) is 5.91 Å². The minimum Gasteiger partial charge on any atom is -0.326 e. The van der Waals surface area contributed by atoms with Gasteiger partial charge in [-0.3, -0.25) is 9.10 Å². The van der Waals surface area contributed by atoms with Gasteiger partial charge < -0.3 is 5.32 Å². The lowest BCUT2D eigenvalue weighted by Gasteiger charge is -2.31. The van der Waals surface area contributed by atoms with E-state index < -0.39 is 15.8 Å². The van der Waals surface area contributed by atoms with Crippen LogP contribution in [0.3, 0.4) is 0 Å². The van der Waals surface area contributed by atoms with Crippen molar-refractivity contribution in [1.29, 1.82) is 0 Å². The topological polar surface area (TPSA) is 66.5 Å². The molecule has 172 valence electrons. The number of rotatable bonds is 5. The molecule has 34 heavy (non-hydrogen) atoms. The van der Waals surface area contributed by atoms with Crippen molar-refractivity contribution in [3.8, 4) is 0 Å². The van der Waals surface area contributed by atoms with Crippen molar-refractivity contribution in [1.82, 2.24) is 0 Å². The summed E-state index contributed by atoms with van der Waals surface area (Å²) in [5.74, 6) is -0.621. The number of carbonyl (C=O) groups excluding carboxylic acids is 1. The van der Waals surface area contributed by atoms with Gasteiger partial charge in [0.1, 0.15) is 5.82 Å². The third kappa shape index (κ3) is 4.26. The van der Waals surface area contributed by atoms with E-state index in [1.165, 1.54) is 16.4 Å². The first-order valence-electron chi connectivity index (χ1n) is 11.1. The zero-order valence-electron chi connectivity index (χ0n) is 18.4. The average molecular weight is 475 g/mol. The summed E-state index contributed by atoms with van der Waals surface area (Å²) in [6.45, 7) is 0.347. The summed E-state index contributed by atoms with van der Waals surface area (Å²) in [5, 5.41) is 5.08. The first kappa shape index (κ1) is 22.1. The molecule has 0 aliphatic carbocycles. The molecule has 0 saturated carbocycles. The molecular formula is C27H23FN2O3S. The molecule has 5 rings (SSSR count). The molecule has 0 unspecified atom stereocenters. The molecule has 7 heteroatoms. The Kier molecular flexibility index (Phi) is 5.79. The molecule has 1 heterocycles. The van der Waals surface area contributed by atoms with E-state index in [9.17, 15) is 17.6 Å². The smallest absolute Gasteiger partial charge is 0.264 e. The van der Waals surface area contributed by atoms with E-state index in [1.807, 2.05) is 48.5 Å². The fourth-order valence-electron chi connectivity index (χ4n) is 4.45. The van der Waals surface area contributed by atoms with Crippen molar-refractivity contribution in [3.05, 3.63) is 102 Å². The molecule has 5 nitrogen and oxygen atoms in total. The summed E-state index contributed by atoms with van der Waals surface area (Å²) in [4.78, 5) is 12.8. The Labute approximate surface area is 197 Å². The second-order valence-electron chi connectivity index (χ2n) is 8.34. The highest BCUT2D eigenvalue weighted by Gasteiger charge is 2.29. The first-order valence-corrected chi connectivity index (χ1v) is 12.5. The number of aryl methyl sites for hydroxylation is 1. The molecule has 1 N–H and O–H groups in total. The zero-order chi connectivity index (χ0) is 23.7. The highest BCUT2D eigenvalue weighted by molar-refractivity contribution is 7.92. The van der Waals surface area contributed by atoms with Crippen LogP contribution in [0.2, 0.25) is 0 Å². The van der Waals surface area contributed by atoms with Gasteiger partial charge >= 0.3 is 0 Å². The number of benzene rings is 4. The lowest BCUT2D eigenvalue weighted by Crippen LogP contribution is -2.35. The largest absolute Gasteiger partial charge is 0.326 e. The molecule has 1 aliphatic heterocycles. The van der Waals surface area contributed by atoms with Gasteiger partial charge in [0, 0.05) is 12.2 Å². The van der Waals surface area contributed by atoms with Crippen LogP contribution in [0.15, 0.2) is 89.8 Å². The number of sulfonamides is 1. The Bertz CT molecular complexity index is 1480. The summed E-state index contributed by atoms with van der Waals surface area (Å²) in [7, 11) is -3.81. The highest BCUT2D eigenvalue weighted by atomic mass is 32.2. The predicted molar refractivity (Wildman–Crippen MR) is 132 cm³/mol. The van der Waals surface area contributed by atoms with Gasteiger partial charge in [-0.25, -0.2) is 12.8 Å². The third-order valence-corrected chi connectivity index (χ3v) is 7.90. The maximum Gasteiger partial charge on any atom is 0.264 e. The maximum atomic E-state index is 13.3. The van der Waals surface area contributed by atoms with Gasteiger partial charge in [-0.1, -0.05) is 42.5 Å². The number of amides is 1. The fourth-order valence-corrected chi connectivity index (χ4v) is 5.99. The number of halogens is 1. The van der Waals surface area contributed by atoms with E-state index in [0.29, 0.717) is 30.8 Å². The molecule has 0 saturated heterocycles. The molecular weight excluding hydrogens is 451 g/mol. The molecule has 4 aromatic carbocycles. The molecule has 1 amide bonds. The van der Waals surface area contributed by atoms with Gasteiger partial charge in [-0.2, -0.15) is 0 Å². The molecule has 0 aromatic heterocycles. The lowest BCUT2D eigenvalue weighted by atomic mass is 10.0. The quantitative estimate of drug-likeness (QED) is 0.427. The van der Waals surface area contributed by atoms with Crippen molar-refractivity contribution in [2.75, 3.05) is 16.2 Å². The Morgan fingerprint density at radius 1 is 0.941 bits per heavy atom. The first-order chi connectivity index (χ1) is 16.4. The highest BCUT2D eigenvalue weighted by Crippen LogP contribution is 2.34. The van der Waals surface area contributed by atoms with E-state index in [1.54, 1.807) is 12.1 Å². The number of hydrogen-bond donors (Lipinski definition) is 1. The summed E-state index contributed by atoms with van der Waals surface area (Å²) in [5.41, 5.74) is 3.01. The van der Waals surface area contributed by atoms with E-state index >= 15 is 0 Å². The Morgan fingerprint density at radius 3 is 2.53 bits per heavy atom. The number of anilines is 2. The number of nitrogens with one attached hydrogen (secondary N) is 1. The predicted octanol–water partition coefficient (Wildman–Crippen LogP) is 5.30. The van der Waals surface area contributed by atoms with Gasteiger partial charge in [-0.05, 0) is 77.2 Å². The van der Waals surface area contributed by atoms with Crippen molar-refractivity contribution in [2.45, 2.75) is 24.2 Å². The van der Waals surface area contributed by atoms with Crippen LogP contribution in [0.5, 0.6) is 0 Å². The van der Waals surface area contributed by atoms with Gasteiger partial charge in [0.15, 0.2) is 0 Å². The van der Waals surface area contributed by atoms with Crippen LogP contribution in [-0.2, 0) is 27.7 Å². The number of carbonyl (C=O) groups is 1. The fraction of sp³-hybridized carbons (Fsp3) is 0.148. The lowest BCUT2D eigenvalue weighted by molar-refractivity contribution is -0.115. The third-order valence-electron chi connectivity index (χ3n) is 6.07. The Morgan fingerprint density at radius 2 is 1.71 bits per heavy atom. The van der Waals surface area contributed by atoms with Crippen molar-refractivity contribution in [2.24, 2.45) is 0 Å². The molecule has 0 spiro atoms. The SMILES string of the molecule is O=C(Cc1cccc2ccccc12)Nc1ccc2c(c1)CCCN2S(=O)(=O)c1ccc(F)cc1. The van der Waals surface area contributed by atoms with Crippen molar-refractivity contribution < 1.29 is 17.6 Å². The van der Waals surface area contributed by atoms with Crippen LogP contribution >= 0.6 is 0 Å². The number of nitrogens with zero attached hydrogens (tertiary/aromatic N) is 1. The maximum absolute atomic E-state index is 13.3. The summed E-state index contributed by atoms with van der Waals surface area (Å²) >= 11 is 0. The van der Waals surface area contributed by atoms with Gasteiger partial charge in [0.05, 0.1) is 17.0 Å². The standard InChI is InChI=1S/C27H23FN2O3S/c28-22-10-13-24(14-11-22)34(32,33)30-16-4-8-21-17-23(12-15-26(21)30)29-27(31)18-20-7-3-6-19-5-1-2-9-25(19)20/h1-3,5-7,9-15,17H,4,8,16,18H2,(H,29,31). The van der Waals surface area contributed by atoms with Gasteiger partial charge in [-0.15, -0.1) is 0 Å². The summed E-state index contributed by atoms with van der Waals surface area (Å²) < 4.78 is 41.0. The van der Waals surface area contributed by atoms with Crippen LogP contribution in [0.4, 0.5) is 15.8 Å². The number of hydrogen-bond acceptors (Lipinski definition) is 3. The normalized spacial score (nSPS) is 13.5. The molecule has 0 bridgehead atoms. The van der Waals surface area contributed by atoms with Crippen LogP contribution in [0, 0.1) is 5.82 Å². The molecule has 0 atom stereocenters. The number of fused-ring (bicyclic) bond motifs is 2. The Balaban J connectivity index is 1.37. The Hall–Kier alpha value is -3.71. The van der Waals surface area contributed by atoms with E-state index in [0.717, 1.165) is 34.0 Å². The van der Waals surface area contributed by atoms with Crippen molar-refractivity contribution >= 4 is 38.1 Å². The van der Waals surface area contributed by atoms with Gasteiger partial charge in [0.25, 0.3) is 10.0 Å². The zero-order valence-corrected chi connectivity index (χ0v) is 19.2. The minimum absolute atomic E-state index is 0.0502. The average Bonchev–Trinajstić information content (AvgIpc) is 2.84. The van der Waals surface area contributed by atoms with Crippen LogP contribution in [0.1, 0.15) is 17.5 Å². The second kappa shape index (κ2) is 8.91. The van der Waals surface area contributed by atoms with Crippen molar-refractivity contribution in [3.63, 3.8) is 0 Å². The molecule has 0 fully saturated rings. The monoisotopic (exact) mass is 474 g/mol. The van der Waals surface area contributed by atoms with Crippen LogP contribution < -0.4 is 9.62 Å².